The maximum absolute atomic E-state index is 14.3. The Morgan fingerprint density at radius 1 is 0.529 bits per heavy atom. The molecule has 0 radical (unpaired) electrons. The Balaban J connectivity index is 0.000000159. The SMILES string of the molecule is COc1cc(O)c(C2C(=O)N(C(c3ccccc3)c3ccccc3)c3ccccc32)cc1C.O=C1C(c2cc3c(cc2O)OCCO3)c2c(Br)cccc2N1C(c1ccccc1)c1ccccc1. The largest absolute Gasteiger partial charge is 0.507 e. The molecule has 2 amide bonds. The molecule has 9 nitrogen and oxygen atoms in total. The van der Waals surface area contributed by atoms with E-state index < -0.39 is 11.8 Å². The molecule has 11 rings (SSSR count). The van der Waals surface area contributed by atoms with E-state index in [4.69, 9.17) is 14.2 Å². The fourth-order valence-corrected chi connectivity index (χ4v) is 10.4. The minimum absolute atomic E-state index is 0.00660. The fourth-order valence-electron chi connectivity index (χ4n) is 9.86. The molecule has 2 atom stereocenters. The van der Waals surface area contributed by atoms with E-state index in [1.54, 1.807) is 25.3 Å². The highest BCUT2D eigenvalue weighted by atomic mass is 79.9. The van der Waals surface area contributed by atoms with E-state index >= 15 is 0 Å². The summed E-state index contributed by atoms with van der Waals surface area (Å²) in [5.41, 5.74) is 9.40. The number of carbonyl (C=O) groups is 2. The Morgan fingerprint density at radius 3 is 1.51 bits per heavy atom. The minimum atomic E-state index is -0.702. The van der Waals surface area contributed by atoms with Crippen LogP contribution in [0, 0.1) is 6.92 Å². The molecule has 10 heteroatoms. The molecule has 0 fully saturated rings. The average Bonchev–Trinajstić information content (AvgIpc) is 3.83. The van der Waals surface area contributed by atoms with E-state index in [0.29, 0.717) is 41.6 Å². The highest BCUT2D eigenvalue weighted by molar-refractivity contribution is 9.10. The number of aromatic hydroxyl groups is 2. The van der Waals surface area contributed by atoms with Gasteiger partial charge in [0.05, 0.1) is 36.7 Å². The fraction of sp³-hybridized carbons (Fsp3) is 0.138. The second-order valence-electron chi connectivity index (χ2n) is 16.9. The zero-order chi connectivity index (χ0) is 46.9. The number of ether oxygens (including phenoxy) is 3. The van der Waals surface area contributed by atoms with Crippen molar-refractivity contribution in [2.45, 2.75) is 30.8 Å². The molecular formula is C58H47BrN2O7. The first-order valence-corrected chi connectivity index (χ1v) is 23.3. The van der Waals surface area contributed by atoms with Gasteiger partial charge in [0.2, 0.25) is 11.8 Å². The van der Waals surface area contributed by atoms with Crippen LogP contribution in [0.2, 0.25) is 0 Å². The van der Waals surface area contributed by atoms with Crippen LogP contribution in [0.1, 0.15) is 74.0 Å². The Bertz CT molecular complexity index is 3050. The highest BCUT2D eigenvalue weighted by Gasteiger charge is 2.46. The lowest BCUT2D eigenvalue weighted by Crippen LogP contribution is -2.34. The molecular weight excluding hydrogens is 917 g/mol. The number of rotatable bonds is 9. The van der Waals surface area contributed by atoms with Gasteiger partial charge in [-0.05, 0) is 70.6 Å². The summed E-state index contributed by atoms with van der Waals surface area (Å²) in [5, 5.41) is 21.9. The molecule has 3 aliphatic heterocycles. The minimum Gasteiger partial charge on any atom is -0.507 e. The molecule has 2 unspecified atom stereocenters. The number of nitrogens with zero attached hydrogens (tertiary/aromatic N) is 2. The van der Waals surface area contributed by atoms with Crippen LogP contribution in [0.15, 0.2) is 193 Å². The quantitative estimate of drug-likeness (QED) is 0.148. The predicted molar refractivity (Wildman–Crippen MR) is 267 cm³/mol. The van der Waals surface area contributed by atoms with E-state index in [2.05, 4.69) is 40.2 Å². The van der Waals surface area contributed by atoms with Crippen molar-refractivity contribution in [3.63, 3.8) is 0 Å². The first kappa shape index (κ1) is 44.0. The Labute approximate surface area is 403 Å². The number of amides is 2. The standard InChI is InChI=1S/C29H22BrNO4.C29H25NO3/c30-21-12-7-13-22-27(21)26(20-16-24-25(17-23(20)32)35-15-14-34-24)29(33)31(22)28(18-8-3-1-4-9-18)19-10-5-2-6-11-19;1-19-17-23(25(31)18-26(19)33-2)27-22-15-9-10-16-24(22)30(29(27)32)28(20-11-5-3-6-12-20)21-13-7-4-8-14-21/h1-13,16-17,26,28,32H,14-15H2;3-18,27-28,31H,1-2H3. The van der Waals surface area contributed by atoms with Crippen LogP contribution in [0.4, 0.5) is 11.4 Å². The Hall–Kier alpha value is -7.82. The van der Waals surface area contributed by atoms with E-state index in [1.807, 2.05) is 162 Å². The van der Waals surface area contributed by atoms with Gasteiger partial charge >= 0.3 is 0 Å². The second kappa shape index (κ2) is 18.8. The molecule has 0 bridgehead atoms. The third kappa shape index (κ3) is 8.00. The van der Waals surface area contributed by atoms with E-state index in [-0.39, 0.29) is 35.4 Å². The summed E-state index contributed by atoms with van der Waals surface area (Å²) in [4.78, 5) is 32.2. The molecule has 0 aromatic heterocycles. The summed E-state index contributed by atoms with van der Waals surface area (Å²) < 4.78 is 17.6. The lowest BCUT2D eigenvalue weighted by atomic mass is 9.90. The number of halogens is 1. The van der Waals surface area contributed by atoms with Crippen LogP contribution in [0.5, 0.6) is 28.7 Å². The van der Waals surface area contributed by atoms with E-state index in [1.165, 1.54) is 0 Å². The molecule has 3 heterocycles. The van der Waals surface area contributed by atoms with Crippen LogP contribution in [-0.2, 0) is 9.59 Å². The number of phenolic OH excluding ortho intramolecular Hbond substituents is 2. The van der Waals surface area contributed by atoms with Crippen LogP contribution in [0.25, 0.3) is 0 Å². The van der Waals surface area contributed by atoms with Gasteiger partial charge in [-0.1, -0.05) is 162 Å². The maximum atomic E-state index is 14.3. The first-order chi connectivity index (χ1) is 33.2. The van der Waals surface area contributed by atoms with Crippen LogP contribution in [0.3, 0.4) is 0 Å². The molecule has 3 aliphatic rings. The average molecular weight is 964 g/mol. The zero-order valence-corrected chi connectivity index (χ0v) is 38.9. The smallest absolute Gasteiger partial charge is 0.240 e. The van der Waals surface area contributed by atoms with Gasteiger partial charge in [0.15, 0.2) is 11.5 Å². The van der Waals surface area contributed by atoms with Gasteiger partial charge in [-0.25, -0.2) is 0 Å². The molecule has 0 saturated carbocycles. The van der Waals surface area contributed by atoms with Crippen LogP contribution < -0.4 is 24.0 Å². The second-order valence-corrected chi connectivity index (χ2v) is 17.8. The number of aryl methyl sites for hydroxylation is 1. The molecule has 2 N–H and O–H groups in total. The number of methoxy groups -OCH3 is 1. The number of hydrogen-bond acceptors (Lipinski definition) is 7. The molecule has 8 aromatic carbocycles. The molecule has 68 heavy (non-hydrogen) atoms. The number of para-hydroxylation sites is 1. The summed E-state index contributed by atoms with van der Waals surface area (Å²) >= 11 is 3.68. The summed E-state index contributed by atoms with van der Waals surface area (Å²) in [5.74, 6) is 0.205. The number of anilines is 2. The zero-order valence-electron chi connectivity index (χ0n) is 37.3. The van der Waals surface area contributed by atoms with Gasteiger partial charge in [0.1, 0.15) is 30.5 Å². The van der Waals surface area contributed by atoms with Gasteiger partial charge in [-0.2, -0.15) is 0 Å². The summed E-state index contributed by atoms with van der Waals surface area (Å²) in [6.07, 6.45) is 0. The van der Waals surface area contributed by atoms with Crippen molar-refractivity contribution in [3.8, 4) is 28.7 Å². The monoisotopic (exact) mass is 962 g/mol. The lowest BCUT2D eigenvalue weighted by molar-refractivity contribution is -0.119. The lowest BCUT2D eigenvalue weighted by Gasteiger charge is -2.30. The topological polar surface area (TPSA) is 109 Å². The van der Waals surface area contributed by atoms with Crippen LogP contribution >= 0.6 is 15.9 Å². The van der Waals surface area contributed by atoms with Crippen molar-refractivity contribution >= 4 is 39.1 Å². The van der Waals surface area contributed by atoms with Gasteiger partial charge in [0, 0.05) is 39.0 Å². The normalized spacial score (nSPS) is 15.8. The number of phenols is 2. The molecule has 8 aromatic rings. The molecule has 338 valence electrons. The Morgan fingerprint density at radius 2 is 0.971 bits per heavy atom. The van der Waals surface area contributed by atoms with Crippen molar-refractivity contribution in [1.82, 2.24) is 0 Å². The van der Waals surface area contributed by atoms with Crippen molar-refractivity contribution in [2.24, 2.45) is 0 Å². The van der Waals surface area contributed by atoms with E-state index in [9.17, 15) is 19.8 Å². The number of carbonyl (C=O) groups excluding carboxylic acids is 2. The third-order valence-electron chi connectivity index (χ3n) is 12.9. The number of hydrogen-bond donors (Lipinski definition) is 2. The van der Waals surface area contributed by atoms with Crippen LogP contribution in [-0.4, -0.2) is 42.4 Å². The van der Waals surface area contributed by atoms with Gasteiger partial charge in [-0.15, -0.1) is 0 Å². The van der Waals surface area contributed by atoms with Crippen molar-refractivity contribution in [2.75, 3.05) is 30.1 Å². The van der Waals surface area contributed by atoms with Crippen molar-refractivity contribution in [1.29, 1.82) is 0 Å². The first-order valence-electron chi connectivity index (χ1n) is 22.5. The van der Waals surface area contributed by atoms with Gasteiger partial charge < -0.3 is 24.4 Å². The summed E-state index contributed by atoms with van der Waals surface area (Å²) in [6.45, 7) is 2.76. The van der Waals surface area contributed by atoms with Gasteiger partial charge in [-0.3, -0.25) is 19.4 Å². The number of benzene rings is 8. The third-order valence-corrected chi connectivity index (χ3v) is 13.6. The Kier molecular flexibility index (Phi) is 12.2. The summed E-state index contributed by atoms with van der Waals surface area (Å²) in [7, 11) is 1.57. The summed E-state index contributed by atoms with van der Waals surface area (Å²) in [6, 6.07) is 60.0. The molecule has 0 saturated heterocycles. The maximum Gasteiger partial charge on any atom is 0.240 e. The van der Waals surface area contributed by atoms with Crippen molar-refractivity contribution in [3.05, 3.63) is 243 Å². The predicted octanol–water partition coefficient (Wildman–Crippen LogP) is 12.2. The van der Waals surface area contributed by atoms with Crippen molar-refractivity contribution < 1.29 is 34.0 Å². The highest BCUT2D eigenvalue weighted by Crippen LogP contribution is 2.53. The molecule has 0 aliphatic carbocycles. The van der Waals surface area contributed by atoms with Gasteiger partial charge in [0.25, 0.3) is 0 Å². The number of fused-ring (bicyclic) bond motifs is 3. The molecule has 0 spiro atoms. The van der Waals surface area contributed by atoms with E-state index in [0.717, 1.165) is 54.8 Å².